The first-order chi connectivity index (χ1) is 14.0. The number of carbonyl (C=O) groups is 1. The number of H-pyrrole nitrogens is 1. The molecule has 0 spiro atoms. The fraction of sp³-hybridized carbons (Fsp3) is 0.143. The summed E-state index contributed by atoms with van der Waals surface area (Å²) in [4.78, 5) is 30.1. The Balaban J connectivity index is 1.66. The SMILES string of the molecule is Cc1cccc(NC(=O)CSc2nc3[nH]ncc3c(=O)n2-c2ccccc2C)c1. The van der Waals surface area contributed by atoms with Gasteiger partial charge >= 0.3 is 0 Å². The second kappa shape index (κ2) is 7.92. The number of thioether (sulfide) groups is 1. The van der Waals surface area contributed by atoms with Crippen LogP contribution >= 0.6 is 11.8 Å². The number of aromatic nitrogens is 4. The van der Waals surface area contributed by atoms with Gasteiger partial charge in [0.05, 0.1) is 17.6 Å². The fourth-order valence-electron chi connectivity index (χ4n) is 3.05. The van der Waals surface area contributed by atoms with Crippen LogP contribution in [-0.2, 0) is 4.79 Å². The van der Waals surface area contributed by atoms with Crippen molar-refractivity contribution in [1.29, 1.82) is 0 Å². The molecule has 0 unspecified atom stereocenters. The second-order valence-corrected chi connectivity index (χ2v) is 7.60. The molecule has 0 bridgehead atoms. The van der Waals surface area contributed by atoms with Gasteiger partial charge in [-0.05, 0) is 43.2 Å². The van der Waals surface area contributed by atoms with Crippen LogP contribution in [0.2, 0.25) is 0 Å². The third-order valence-electron chi connectivity index (χ3n) is 4.44. The van der Waals surface area contributed by atoms with Gasteiger partial charge in [0.2, 0.25) is 5.91 Å². The van der Waals surface area contributed by atoms with E-state index in [9.17, 15) is 9.59 Å². The van der Waals surface area contributed by atoms with E-state index in [4.69, 9.17) is 0 Å². The van der Waals surface area contributed by atoms with E-state index in [1.807, 2.05) is 62.4 Å². The zero-order valence-electron chi connectivity index (χ0n) is 16.0. The molecule has 7 nitrogen and oxygen atoms in total. The molecule has 146 valence electrons. The molecule has 2 aromatic heterocycles. The van der Waals surface area contributed by atoms with Crippen LogP contribution in [-0.4, -0.2) is 31.4 Å². The smallest absolute Gasteiger partial charge is 0.269 e. The number of aromatic amines is 1. The largest absolute Gasteiger partial charge is 0.325 e. The van der Waals surface area contributed by atoms with Crippen LogP contribution in [0.4, 0.5) is 5.69 Å². The first-order valence-corrected chi connectivity index (χ1v) is 10.0. The first-order valence-electron chi connectivity index (χ1n) is 9.04. The second-order valence-electron chi connectivity index (χ2n) is 6.66. The Hall–Kier alpha value is -3.39. The lowest BCUT2D eigenvalue weighted by Gasteiger charge is -2.14. The number of nitrogens with one attached hydrogen (secondary N) is 2. The summed E-state index contributed by atoms with van der Waals surface area (Å²) in [5.74, 6) is -0.0535. The highest BCUT2D eigenvalue weighted by molar-refractivity contribution is 7.99. The molecule has 2 heterocycles. The van der Waals surface area contributed by atoms with Gasteiger partial charge in [0.1, 0.15) is 5.39 Å². The van der Waals surface area contributed by atoms with E-state index in [0.717, 1.165) is 22.5 Å². The van der Waals surface area contributed by atoms with Crippen molar-refractivity contribution in [2.45, 2.75) is 19.0 Å². The van der Waals surface area contributed by atoms with E-state index in [-0.39, 0.29) is 17.2 Å². The van der Waals surface area contributed by atoms with Crippen molar-refractivity contribution in [1.82, 2.24) is 19.7 Å². The van der Waals surface area contributed by atoms with Crippen molar-refractivity contribution in [2.24, 2.45) is 0 Å². The summed E-state index contributed by atoms with van der Waals surface area (Å²) in [6, 6.07) is 15.2. The molecule has 0 aliphatic heterocycles. The number of aryl methyl sites for hydroxylation is 2. The lowest BCUT2D eigenvalue weighted by Crippen LogP contribution is -2.23. The average Bonchev–Trinajstić information content (AvgIpc) is 3.16. The van der Waals surface area contributed by atoms with E-state index in [0.29, 0.717) is 16.2 Å². The highest BCUT2D eigenvalue weighted by Gasteiger charge is 2.17. The summed E-state index contributed by atoms with van der Waals surface area (Å²) < 4.78 is 1.54. The minimum Gasteiger partial charge on any atom is -0.325 e. The molecule has 2 N–H and O–H groups in total. The average molecular weight is 405 g/mol. The van der Waals surface area contributed by atoms with Crippen LogP contribution in [0.25, 0.3) is 16.7 Å². The van der Waals surface area contributed by atoms with Crippen LogP contribution < -0.4 is 10.9 Å². The number of para-hydroxylation sites is 1. The fourth-order valence-corrected chi connectivity index (χ4v) is 3.85. The van der Waals surface area contributed by atoms with Gasteiger partial charge in [-0.2, -0.15) is 5.10 Å². The summed E-state index contributed by atoms with van der Waals surface area (Å²) >= 11 is 1.21. The van der Waals surface area contributed by atoms with Crippen molar-refractivity contribution in [2.75, 3.05) is 11.1 Å². The minimum atomic E-state index is -0.223. The number of fused-ring (bicyclic) bond motifs is 1. The van der Waals surface area contributed by atoms with Crippen molar-refractivity contribution >= 4 is 34.4 Å². The number of rotatable bonds is 5. The standard InChI is InChI=1S/C21H19N5O2S/c1-13-6-5-8-15(10-13)23-18(27)12-29-21-24-19-16(11-22-25-19)20(28)26(21)17-9-4-3-7-14(17)2/h3-11H,12H2,1-2H3,(H,22,25)(H,23,27). The lowest BCUT2D eigenvalue weighted by atomic mass is 10.2. The van der Waals surface area contributed by atoms with E-state index < -0.39 is 0 Å². The Morgan fingerprint density at radius 2 is 2.00 bits per heavy atom. The summed E-state index contributed by atoms with van der Waals surface area (Å²) in [5, 5.41) is 10.4. The molecular weight excluding hydrogens is 386 g/mol. The Morgan fingerprint density at radius 1 is 1.17 bits per heavy atom. The molecule has 0 fully saturated rings. The molecule has 1 amide bonds. The maximum atomic E-state index is 13.1. The molecule has 0 saturated heterocycles. The van der Waals surface area contributed by atoms with Crippen molar-refractivity contribution in [3.05, 3.63) is 76.2 Å². The zero-order chi connectivity index (χ0) is 20.4. The number of hydrogen-bond acceptors (Lipinski definition) is 5. The summed E-state index contributed by atoms with van der Waals surface area (Å²) in [6.07, 6.45) is 1.47. The number of carbonyl (C=O) groups excluding carboxylic acids is 1. The first kappa shape index (κ1) is 18.9. The predicted octanol–water partition coefficient (Wildman–Crippen LogP) is 3.46. The van der Waals surface area contributed by atoms with Crippen LogP contribution in [0, 0.1) is 13.8 Å². The monoisotopic (exact) mass is 405 g/mol. The molecule has 0 aliphatic carbocycles. The maximum absolute atomic E-state index is 13.1. The predicted molar refractivity (Wildman–Crippen MR) is 115 cm³/mol. The summed E-state index contributed by atoms with van der Waals surface area (Å²) in [5.41, 5.74) is 3.65. The molecular formula is C21H19N5O2S. The Kier molecular flexibility index (Phi) is 5.18. The van der Waals surface area contributed by atoms with Crippen molar-refractivity contribution in [3.8, 4) is 5.69 Å². The van der Waals surface area contributed by atoms with Gasteiger partial charge in [0.25, 0.3) is 5.56 Å². The number of nitrogens with zero attached hydrogens (tertiary/aromatic N) is 3. The molecule has 8 heteroatoms. The highest BCUT2D eigenvalue weighted by Crippen LogP contribution is 2.22. The molecule has 29 heavy (non-hydrogen) atoms. The molecule has 0 atom stereocenters. The number of benzene rings is 2. The van der Waals surface area contributed by atoms with Gasteiger partial charge in [-0.1, -0.05) is 42.1 Å². The third kappa shape index (κ3) is 3.93. The van der Waals surface area contributed by atoms with Gasteiger partial charge < -0.3 is 5.32 Å². The van der Waals surface area contributed by atoms with Crippen LogP contribution in [0.15, 0.2) is 64.7 Å². The van der Waals surface area contributed by atoms with Crippen LogP contribution in [0.1, 0.15) is 11.1 Å². The Morgan fingerprint density at radius 3 is 2.79 bits per heavy atom. The van der Waals surface area contributed by atoms with Crippen LogP contribution in [0.5, 0.6) is 0 Å². The quantitative estimate of drug-likeness (QED) is 0.392. The zero-order valence-corrected chi connectivity index (χ0v) is 16.8. The summed E-state index contributed by atoms with van der Waals surface area (Å²) in [6.45, 7) is 3.90. The van der Waals surface area contributed by atoms with Crippen molar-refractivity contribution in [3.63, 3.8) is 0 Å². The normalized spacial score (nSPS) is 11.0. The number of hydrogen-bond donors (Lipinski definition) is 2. The van der Waals surface area contributed by atoms with Gasteiger partial charge in [-0.15, -0.1) is 0 Å². The molecule has 4 aromatic rings. The third-order valence-corrected chi connectivity index (χ3v) is 5.38. The van der Waals surface area contributed by atoms with Gasteiger partial charge in [0, 0.05) is 5.69 Å². The molecule has 2 aromatic carbocycles. The molecule has 0 aliphatic rings. The number of amides is 1. The lowest BCUT2D eigenvalue weighted by molar-refractivity contribution is -0.113. The maximum Gasteiger partial charge on any atom is 0.269 e. The molecule has 0 saturated carbocycles. The summed E-state index contributed by atoms with van der Waals surface area (Å²) in [7, 11) is 0. The Bertz CT molecular complexity index is 1260. The highest BCUT2D eigenvalue weighted by atomic mass is 32.2. The van der Waals surface area contributed by atoms with E-state index >= 15 is 0 Å². The number of anilines is 1. The minimum absolute atomic E-state index is 0.117. The molecule has 4 rings (SSSR count). The van der Waals surface area contributed by atoms with Gasteiger partial charge in [-0.25, -0.2) is 4.98 Å². The van der Waals surface area contributed by atoms with Gasteiger partial charge in [0.15, 0.2) is 10.8 Å². The van der Waals surface area contributed by atoms with E-state index in [1.54, 1.807) is 0 Å². The van der Waals surface area contributed by atoms with Crippen molar-refractivity contribution < 1.29 is 4.79 Å². The van der Waals surface area contributed by atoms with E-state index in [2.05, 4.69) is 20.5 Å². The van der Waals surface area contributed by atoms with Gasteiger partial charge in [-0.3, -0.25) is 19.3 Å². The van der Waals surface area contributed by atoms with Crippen LogP contribution in [0.3, 0.4) is 0 Å². The Labute approximate surface area is 171 Å². The van der Waals surface area contributed by atoms with E-state index in [1.165, 1.54) is 22.5 Å². The molecule has 0 radical (unpaired) electrons. The topological polar surface area (TPSA) is 92.7 Å².